The molecule has 16 heavy (non-hydrogen) atoms. The first-order valence-electron chi connectivity index (χ1n) is 6.13. The van der Waals surface area contributed by atoms with Gasteiger partial charge in [0.1, 0.15) is 0 Å². The average molecular weight is 219 g/mol. The molecule has 2 N–H and O–H groups in total. The predicted octanol–water partition coefficient (Wildman–Crippen LogP) is 2.25. The van der Waals surface area contributed by atoms with Crippen molar-refractivity contribution < 1.29 is 0 Å². The standard InChI is InChI=1S/C13H21N3/c1-10(2)16-8-5-11(6-9-16)13-12(14)4-3-7-15-13/h3-4,7,10-11H,5-6,8-9,14H2,1-2H3. The molecule has 0 atom stereocenters. The van der Waals surface area contributed by atoms with Gasteiger partial charge >= 0.3 is 0 Å². The summed E-state index contributed by atoms with van der Waals surface area (Å²) in [5, 5.41) is 0. The van der Waals surface area contributed by atoms with E-state index in [1.54, 1.807) is 0 Å². The number of rotatable bonds is 2. The predicted molar refractivity (Wildman–Crippen MR) is 67.3 cm³/mol. The molecule has 88 valence electrons. The lowest BCUT2D eigenvalue weighted by Gasteiger charge is -2.34. The molecule has 3 nitrogen and oxygen atoms in total. The fraction of sp³-hybridized carbons (Fsp3) is 0.615. The first-order valence-corrected chi connectivity index (χ1v) is 6.13. The Hall–Kier alpha value is -1.09. The van der Waals surface area contributed by atoms with E-state index in [0.717, 1.165) is 11.4 Å². The fourth-order valence-corrected chi connectivity index (χ4v) is 2.46. The van der Waals surface area contributed by atoms with Crippen molar-refractivity contribution in [2.24, 2.45) is 0 Å². The molecule has 0 spiro atoms. The summed E-state index contributed by atoms with van der Waals surface area (Å²) in [5.74, 6) is 0.552. The smallest absolute Gasteiger partial charge is 0.0664 e. The molecule has 0 amide bonds. The molecular formula is C13H21N3. The third-order valence-electron chi connectivity index (χ3n) is 3.52. The molecular weight excluding hydrogens is 198 g/mol. The molecule has 0 radical (unpaired) electrons. The molecule has 1 aromatic rings. The van der Waals surface area contributed by atoms with E-state index in [1.807, 2.05) is 18.3 Å². The van der Waals surface area contributed by atoms with Gasteiger partial charge in [0.25, 0.3) is 0 Å². The molecule has 2 rings (SSSR count). The zero-order valence-corrected chi connectivity index (χ0v) is 10.2. The number of nitrogens with two attached hydrogens (primary N) is 1. The molecule has 3 heteroatoms. The fourth-order valence-electron chi connectivity index (χ4n) is 2.46. The minimum absolute atomic E-state index is 0.552. The van der Waals surface area contributed by atoms with Gasteiger partial charge in [-0.05, 0) is 51.9 Å². The van der Waals surface area contributed by atoms with E-state index in [4.69, 9.17) is 5.73 Å². The van der Waals surface area contributed by atoms with Crippen LogP contribution in [0, 0.1) is 0 Å². The number of anilines is 1. The molecule has 1 fully saturated rings. The van der Waals surface area contributed by atoms with E-state index in [9.17, 15) is 0 Å². The average Bonchev–Trinajstić information content (AvgIpc) is 2.30. The van der Waals surface area contributed by atoms with Gasteiger partial charge in [-0.3, -0.25) is 4.98 Å². The second kappa shape index (κ2) is 4.83. The lowest BCUT2D eigenvalue weighted by atomic mass is 9.91. The number of nitrogens with zero attached hydrogens (tertiary/aromatic N) is 2. The Balaban J connectivity index is 2.02. The van der Waals surface area contributed by atoms with Crippen LogP contribution in [0.1, 0.15) is 38.3 Å². The Morgan fingerprint density at radius 1 is 1.38 bits per heavy atom. The molecule has 2 heterocycles. The third kappa shape index (κ3) is 2.35. The van der Waals surface area contributed by atoms with Crippen molar-refractivity contribution in [3.8, 4) is 0 Å². The van der Waals surface area contributed by atoms with Crippen LogP contribution in [0.3, 0.4) is 0 Å². The summed E-state index contributed by atoms with van der Waals surface area (Å²) >= 11 is 0. The van der Waals surface area contributed by atoms with Crippen LogP contribution in [-0.4, -0.2) is 29.0 Å². The summed E-state index contributed by atoms with van der Waals surface area (Å²) in [6.45, 7) is 6.85. The van der Waals surface area contributed by atoms with Crippen LogP contribution < -0.4 is 5.73 Å². The second-order valence-corrected chi connectivity index (χ2v) is 4.88. The van der Waals surface area contributed by atoms with E-state index >= 15 is 0 Å². The Morgan fingerprint density at radius 3 is 2.62 bits per heavy atom. The van der Waals surface area contributed by atoms with Crippen molar-refractivity contribution >= 4 is 5.69 Å². The quantitative estimate of drug-likeness (QED) is 0.829. The van der Waals surface area contributed by atoms with Crippen molar-refractivity contribution in [2.75, 3.05) is 18.8 Å². The van der Waals surface area contributed by atoms with Crippen LogP contribution in [0.5, 0.6) is 0 Å². The van der Waals surface area contributed by atoms with E-state index < -0.39 is 0 Å². The normalized spacial score (nSPS) is 19.2. The molecule has 0 aromatic carbocycles. The maximum absolute atomic E-state index is 5.97. The molecule has 0 aliphatic carbocycles. The summed E-state index contributed by atoms with van der Waals surface area (Å²) < 4.78 is 0. The summed E-state index contributed by atoms with van der Waals surface area (Å²) in [6.07, 6.45) is 4.21. The van der Waals surface area contributed by atoms with Gasteiger partial charge in [0.05, 0.1) is 11.4 Å². The van der Waals surface area contributed by atoms with Gasteiger partial charge in [0, 0.05) is 18.2 Å². The lowest BCUT2D eigenvalue weighted by Crippen LogP contribution is -2.38. The molecule has 0 bridgehead atoms. The molecule has 1 aliphatic heterocycles. The highest BCUT2D eigenvalue weighted by Crippen LogP contribution is 2.30. The molecule has 0 unspecified atom stereocenters. The number of likely N-dealkylation sites (tertiary alicyclic amines) is 1. The van der Waals surface area contributed by atoms with E-state index in [2.05, 4.69) is 23.7 Å². The van der Waals surface area contributed by atoms with Crippen LogP contribution in [0.2, 0.25) is 0 Å². The highest BCUT2D eigenvalue weighted by Gasteiger charge is 2.23. The van der Waals surface area contributed by atoms with Gasteiger partial charge in [0.15, 0.2) is 0 Å². The summed E-state index contributed by atoms with van der Waals surface area (Å²) in [5.41, 5.74) is 7.92. The van der Waals surface area contributed by atoms with E-state index in [-0.39, 0.29) is 0 Å². The van der Waals surface area contributed by atoms with Crippen molar-refractivity contribution in [3.63, 3.8) is 0 Å². The highest BCUT2D eigenvalue weighted by atomic mass is 15.1. The van der Waals surface area contributed by atoms with Crippen LogP contribution in [0.15, 0.2) is 18.3 Å². The first-order chi connectivity index (χ1) is 7.68. The van der Waals surface area contributed by atoms with Crippen LogP contribution in [-0.2, 0) is 0 Å². The minimum atomic E-state index is 0.552. The summed E-state index contributed by atoms with van der Waals surface area (Å²) in [4.78, 5) is 6.95. The van der Waals surface area contributed by atoms with Gasteiger partial charge in [-0.2, -0.15) is 0 Å². The monoisotopic (exact) mass is 219 g/mol. The highest BCUT2D eigenvalue weighted by molar-refractivity contribution is 5.44. The Bertz CT molecular complexity index is 341. The SMILES string of the molecule is CC(C)N1CCC(c2ncccc2N)CC1. The number of nitrogen functional groups attached to an aromatic ring is 1. The zero-order valence-electron chi connectivity index (χ0n) is 10.2. The lowest BCUT2D eigenvalue weighted by molar-refractivity contribution is 0.171. The summed E-state index contributed by atoms with van der Waals surface area (Å²) in [6, 6.07) is 4.52. The number of hydrogen-bond donors (Lipinski definition) is 1. The molecule has 0 saturated carbocycles. The van der Waals surface area contributed by atoms with Gasteiger partial charge in [0.2, 0.25) is 0 Å². The van der Waals surface area contributed by atoms with Crippen molar-refractivity contribution in [1.82, 2.24) is 9.88 Å². The zero-order chi connectivity index (χ0) is 11.5. The van der Waals surface area contributed by atoms with Crippen molar-refractivity contribution in [1.29, 1.82) is 0 Å². The van der Waals surface area contributed by atoms with Crippen LogP contribution in [0.4, 0.5) is 5.69 Å². The Kier molecular flexibility index (Phi) is 3.44. The minimum Gasteiger partial charge on any atom is -0.397 e. The third-order valence-corrected chi connectivity index (χ3v) is 3.52. The van der Waals surface area contributed by atoms with Gasteiger partial charge in [-0.1, -0.05) is 0 Å². The Labute approximate surface area is 97.7 Å². The number of pyridine rings is 1. The van der Waals surface area contributed by atoms with Crippen molar-refractivity contribution in [2.45, 2.75) is 38.6 Å². The molecule has 1 aromatic heterocycles. The number of piperidine rings is 1. The summed E-state index contributed by atoms with van der Waals surface area (Å²) in [7, 11) is 0. The van der Waals surface area contributed by atoms with Crippen LogP contribution >= 0.6 is 0 Å². The van der Waals surface area contributed by atoms with Gasteiger partial charge in [-0.25, -0.2) is 0 Å². The van der Waals surface area contributed by atoms with E-state index in [0.29, 0.717) is 12.0 Å². The number of aromatic nitrogens is 1. The molecule has 1 saturated heterocycles. The maximum atomic E-state index is 5.97. The first kappa shape index (κ1) is 11.4. The second-order valence-electron chi connectivity index (χ2n) is 4.88. The van der Waals surface area contributed by atoms with E-state index in [1.165, 1.54) is 25.9 Å². The number of hydrogen-bond acceptors (Lipinski definition) is 3. The van der Waals surface area contributed by atoms with Crippen molar-refractivity contribution in [3.05, 3.63) is 24.0 Å². The molecule has 1 aliphatic rings. The van der Waals surface area contributed by atoms with Crippen LogP contribution in [0.25, 0.3) is 0 Å². The topological polar surface area (TPSA) is 42.2 Å². The van der Waals surface area contributed by atoms with Gasteiger partial charge in [-0.15, -0.1) is 0 Å². The maximum Gasteiger partial charge on any atom is 0.0664 e. The largest absolute Gasteiger partial charge is 0.397 e. The Morgan fingerprint density at radius 2 is 2.06 bits per heavy atom. The van der Waals surface area contributed by atoms with Gasteiger partial charge < -0.3 is 10.6 Å².